The topological polar surface area (TPSA) is 72.9 Å². The minimum absolute atomic E-state index is 0.117. The normalized spacial score (nSPS) is 10.7. The Kier molecular flexibility index (Phi) is 3.39. The Morgan fingerprint density at radius 1 is 1.20 bits per heavy atom. The molecule has 1 N–H and O–H groups in total. The second kappa shape index (κ2) is 5.34. The predicted molar refractivity (Wildman–Crippen MR) is 74.0 cm³/mol. The van der Waals surface area contributed by atoms with E-state index < -0.39 is 0 Å². The smallest absolute Gasteiger partial charge is 0.229 e. The molecule has 3 aromatic rings. The number of hydrogen-bond donors (Lipinski definition) is 1. The van der Waals surface area contributed by atoms with Gasteiger partial charge in [-0.05, 0) is 29.3 Å². The summed E-state index contributed by atoms with van der Waals surface area (Å²) in [6.45, 7) is 0.373. The van der Waals surface area contributed by atoms with Gasteiger partial charge in [-0.15, -0.1) is 0 Å². The molecule has 2 aromatic heterocycles. The fourth-order valence-corrected chi connectivity index (χ4v) is 1.93. The van der Waals surface area contributed by atoms with E-state index in [1.807, 2.05) is 24.3 Å². The molecule has 0 amide bonds. The first-order valence-electron chi connectivity index (χ1n) is 5.88. The average Bonchev–Trinajstić information content (AvgIpc) is 2.93. The number of nitrogens with zero attached hydrogens (tertiary/aromatic N) is 3. The summed E-state index contributed by atoms with van der Waals surface area (Å²) in [6, 6.07) is 7.60. The van der Waals surface area contributed by atoms with Crippen molar-refractivity contribution in [1.82, 2.24) is 20.2 Å². The predicted octanol–water partition coefficient (Wildman–Crippen LogP) is 2.59. The van der Waals surface area contributed by atoms with Gasteiger partial charge in [0.25, 0.3) is 0 Å². The lowest BCUT2D eigenvalue weighted by Crippen LogP contribution is -1.99. The molecule has 20 heavy (non-hydrogen) atoms. The number of nitrogens with one attached hydrogen (secondary N) is 1. The van der Waals surface area contributed by atoms with Gasteiger partial charge in [-0.1, -0.05) is 12.1 Å². The molecule has 0 saturated heterocycles. The number of halogens is 1. The maximum Gasteiger partial charge on any atom is 0.229 e. The minimum atomic E-state index is 0.117. The Bertz CT molecular complexity index is 727. The van der Waals surface area contributed by atoms with Gasteiger partial charge in [0.2, 0.25) is 11.2 Å². The number of aromatic nitrogens is 4. The van der Waals surface area contributed by atoms with Crippen LogP contribution >= 0.6 is 11.6 Å². The fourth-order valence-electron chi connectivity index (χ4n) is 1.77. The van der Waals surface area contributed by atoms with Gasteiger partial charge in [0.05, 0.1) is 13.3 Å². The highest BCUT2D eigenvalue weighted by Gasteiger charge is 2.09. The molecular weight excluding hydrogens is 280 g/mol. The summed E-state index contributed by atoms with van der Waals surface area (Å²) in [5, 5.41) is 7.44. The second-order valence-corrected chi connectivity index (χ2v) is 4.40. The van der Waals surface area contributed by atoms with E-state index in [-0.39, 0.29) is 5.28 Å². The van der Waals surface area contributed by atoms with Crippen LogP contribution in [0.5, 0.6) is 11.6 Å². The number of methoxy groups -OCH3 is 1. The summed E-state index contributed by atoms with van der Waals surface area (Å²) in [6.07, 6.45) is 1.61. The Balaban J connectivity index is 1.80. The lowest BCUT2D eigenvalue weighted by atomic mass is 10.2. The molecule has 0 fully saturated rings. The lowest BCUT2D eigenvalue weighted by molar-refractivity contribution is 0.297. The van der Waals surface area contributed by atoms with E-state index in [1.54, 1.807) is 13.3 Å². The van der Waals surface area contributed by atoms with E-state index in [9.17, 15) is 0 Å². The number of benzene rings is 1. The molecule has 102 valence electrons. The maximum atomic E-state index is 5.84. The Morgan fingerprint density at radius 3 is 2.75 bits per heavy atom. The molecule has 2 heterocycles. The van der Waals surface area contributed by atoms with Crippen LogP contribution in [0.3, 0.4) is 0 Å². The number of aromatic amines is 1. The second-order valence-electron chi connectivity index (χ2n) is 4.07. The van der Waals surface area contributed by atoms with Crippen LogP contribution in [0, 0.1) is 0 Å². The first-order valence-corrected chi connectivity index (χ1v) is 6.26. The molecule has 0 aliphatic heterocycles. The van der Waals surface area contributed by atoms with Crippen molar-refractivity contribution in [3.8, 4) is 11.6 Å². The van der Waals surface area contributed by atoms with Crippen LogP contribution in [0.15, 0.2) is 30.5 Å². The molecule has 0 aliphatic rings. The van der Waals surface area contributed by atoms with Crippen molar-refractivity contribution < 1.29 is 9.47 Å². The molecule has 1 aromatic carbocycles. The van der Waals surface area contributed by atoms with Gasteiger partial charge < -0.3 is 9.47 Å². The van der Waals surface area contributed by atoms with Gasteiger partial charge in [0.15, 0.2) is 5.65 Å². The molecule has 0 aliphatic carbocycles. The molecule has 0 bridgehead atoms. The van der Waals surface area contributed by atoms with Crippen molar-refractivity contribution in [2.24, 2.45) is 0 Å². The third kappa shape index (κ3) is 2.50. The van der Waals surface area contributed by atoms with E-state index in [0.717, 1.165) is 11.3 Å². The van der Waals surface area contributed by atoms with Gasteiger partial charge in [-0.3, -0.25) is 5.10 Å². The molecule has 0 radical (unpaired) electrons. The highest BCUT2D eigenvalue weighted by molar-refractivity contribution is 6.28. The van der Waals surface area contributed by atoms with Gasteiger partial charge in [-0.25, -0.2) is 0 Å². The van der Waals surface area contributed by atoms with Crippen molar-refractivity contribution in [2.75, 3.05) is 7.11 Å². The van der Waals surface area contributed by atoms with Crippen molar-refractivity contribution in [2.45, 2.75) is 6.61 Å². The standard InChI is InChI=1S/C13H11ClN4O2/c1-19-9-4-2-8(3-5-9)7-20-12-10-6-15-18-11(10)16-13(14)17-12/h2-6H,7H2,1H3,(H,15,16,17,18). The van der Waals surface area contributed by atoms with E-state index >= 15 is 0 Å². The van der Waals surface area contributed by atoms with E-state index in [1.165, 1.54) is 0 Å². The van der Waals surface area contributed by atoms with Gasteiger partial charge in [-0.2, -0.15) is 15.1 Å². The summed E-state index contributed by atoms with van der Waals surface area (Å²) in [5.41, 5.74) is 1.55. The van der Waals surface area contributed by atoms with Crippen molar-refractivity contribution >= 4 is 22.6 Å². The molecule has 6 nitrogen and oxygen atoms in total. The first kappa shape index (κ1) is 12.7. The van der Waals surface area contributed by atoms with E-state index in [0.29, 0.717) is 23.5 Å². The molecule has 0 unspecified atom stereocenters. The van der Waals surface area contributed by atoms with Crippen LogP contribution in [0.1, 0.15) is 5.56 Å². The fraction of sp³-hybridized carbons (Fsp3) is 0.154. The monoisotopic (exact) mass is 290 g/mol. The van der Waals surface area contributed by atoms with Crippen molar-refractivity contribution in [3.63, 3.8) is 0 Å². The summed E-state index contributed by atoms with van der Waals surface area (Å²) < 4.78 is 10.8. The zero-order valence-corrected chi connectivity index (χ0v) is 11.4. The van der Waals surface area contributed by atoms with Gasteiger partial charge in [0, 0.05) is 0 Å². The van der Waals surface area contributed by atoms with Crippen LogP contribution in [-0.4, -0.2) is 27.3 Å². The molecule has 0 saturated carbocycles. The van der Waals surface area contributed by atoms with Crippen LogP contribution in [0.2, 0.25) is 5.28 Å². The van der Waals surface area contributed by atoms with Crippen LogP contribution in [0.4, 0.5) is 0 Å². The third-order valence-electron chi connectivity index (χ3n) is 2.78. The Morgan fingerprint density at radius 2 is 2.00 bits per heavy atom. The van der Waals surface area contributed by atoms with Crippen molar-refractivity contribution in [3.05, 3.63) is 41.3 Å². The van der Waals surface area contributed by atoms with Crippen LogP contribution in [-0.2, 0) is 6.61 Å². The number of fused-ring (bicyclic) bond motifs is 1. The average molecular weight is 291 g/mol. The SMILES string of the molecule is COc1ccc(COc2nc(Cl)nc3[nH]ncc23)cc1. The zero-order chi connectivity index (χ0) is 13.9. The molecule has 0 spiro atoms. The highest BCUT2D eigenvalue weighted by Crippen LogP contribution is 2.23. The maximum absolute atomic E-state index is 5.84. The quantitative estimate of drug-likeness (QED) is 0.748. The number of ether oxygens (including phenoxy) is 2. The van der Waals surface area contributed by atoms with Crippen LogP contribution in [0.25, 0.3) is 11.0 Å². The van der Waals surface area contributed by atoms with Gasteiger partial charge in [0.1, 0.15) is 17.7 Å². The zero-order valence-electron chi connectivity index (χ0n) is 10.6. The van der Waals surface area contributed by atoms with Gasteiger partial charge >= 0.3 is 0 Å². The number of H-pyrrole nitrogens is 1. The molecular formula is C13H11ClN4O2. The summed E-state index contributed by atoms with van der Waals surface area (Å²) >= 11 is 5.84. The number of hydrogen-bond acceptors (Lipinski definition) is 5. The molecule has 3 rings (SSSR count). The summed E-state index contributed by atoms with van der Waals surface area (Å²) in [7, 11) is 1.63. The largest absolute Gasteiger partial charge is 0.497 e. The first-order chi connectivity index (χ1) is 9.76. The van der Waals surface area contributed by atoms with Crippen LogP contribution < -0.4 is 9.47 Å². The highest BCUT2D eigenvalue weighted by atomic mass is 35.5. The minimum Gasteiger partial charge on any atom is -0.497 e. The molecule has 0 atom stereocenters. The Hall–Kier alpha value is -2.34. The lowest BCUT2D eigenvalue weighted by Gasteiger charge is -2.07. The van der Waals surface area contributed by atoms with E-state index in [4.69, 9.17) is 21.1 Å². The van der Waals surface area contributed by atoms with Crippen molar-refractivity contribution in [1.29, 1.82) is 0 Å². The summed E-state index contributed by atoms with van der Waals surface area (Å²) in [5.74, 6) is 1.21. The van der Waals surface area contributed by atoms with E-state index in [2.05, 4.69) is 20.2 Å². The Labute approximate surface area is 119 Å². The molecule has 7 heteroatoms. The summed E-state index contributed by atoms with van der Waals surface area (Å²) in [4.78, 5) is 8.08. The third-order valence-corrected chi connectivity index (χ3v) is 2.95. The number of rotatable bonds is 4.